The maximum absolute atomic E-state index is 12.4. The summed E-state index contributed by atoms with van der Waals surface area (Å²) in [6, 6.07) is 0. The van der Waals surface area contributed by atoms with Gasteiger partial charge in [0.1, 0.15) is 5.70 Å². The normalized spacial score (nSPS) is 25.4. The van der Waals surface area contributed by atoms with Crippen LogP contribution in [-0.4, -0.2) is 51.6 Å². The van der Waals surface area contributed by atoms with Crippen molar-refractivity contribution in [3.8, 4) is 0 Å². The molecule has 3 aliphatic heterocycles. The van der Waals surface area contributed by atoms with Crippen molar-refractivity contribution in [2.24, 2.45) is 0 Å². The highest BCUT2D eigenvalue weighted by atomic mass is 32.2. The molecular weight excluding hydrogens is 362 g/mol. The van der Waals surface area contributed by atoms with Crippen molar-refractivity contribution in [1.29, 1.82) is 0 Å². The number of nitrogens with zero attached hydrogens (tertiary/aromatic N) is 2. The summed E-state index contributed by atoms with van der Waals surface area (Å²) in [6.07, 6.45) is 5.44. The van der Waals surface area contributed by atoms with E-state index in [4.69, 9.17) is 4.84 Å². The number of carbonyl (C=O) groups excluding carboxylic acids is 3. The Hall–Kier alpha value is -1.61. The molecule has 0 saturated carbocycles. The Labute approximate surface area is 154 Å². The molecule has 1 aliphatic carbocycles. The first kappa shape index (κ1) is 16.8. The second-order valence-electron chi connectivity index (χ2n) is 6.36. The van der Waals surface area contributed by atoms with Crippen molar-refractivity contribution in [2.75, 3.05) is 18.2 Å². The predicted octanol–water partition coefficient (Wildman–Crippen LogP) is 1.54. The van der Waals surface area contributed by atoms with Crippen molar-refractivity contribution in [3.05, 3.63) is 21.9 Å². The van der Waals surface area contributed by atoms with Gasteiger partial charge in [0, 0.05) is 22.9 Å². The van der Waals surface area contributed by atoms with Crippen LogP contribution in [0.15, 0.2) is 21.9 Å². The number of amides is 2. The largest absolute Gasteiger partial charge is 0.379 e. The SMILES string of the molecule is O=CNOC(=O)C1=C(CN2CSC3=C2CCCC3)CSC2CC(=O)N12. The predicted molar refractivity (Wildman–Crippen MR) is 94.7 cm³/mol. The van der Waals surface area contributed by atoms with Crippen LogP contribution in [-0.2, 0) is 19.2 Å². The molecule has 4 rings (SSSR count). The zero-order chi connectivity index (χ0) is 17.4. The summed E-state index contributed by atoms with van der Waals surface area (Å²) in [6.45, 7) is 0.626. The maximum atomic E-state index is 12.4. The number of hydrogen-bond donors (Lipinski definition) is 1. The monoisotopic (exact) mass is 381 g/mol. The molecule has 1 unspecified atom stereocenters. The van der Waals surface area contributed by atoms with Crippen molar-refractivity contribution in [2.45, 2.75) is 37.5 Å². The topological polar surface area (TPSA) is 79.0 Å². The van der Waals surface area contributed by atoms with E-state index in [1.54, 1.807) is 11.8 Å². The molecule has 9 heteroatoms. The van der Waals surface area contributed by atoms with E-state index in [9.17, 15) is 14.4 Å². The Bertz CT molecular complexity index is 691. The summed E-state index contributed by atoms with van der Waals surface area (Å²) in [7, 11) is 0. The lowest BCUT2D eigenvalue weighted by Gasteiger charge is -2.44. The minimum Gasteiger partial charge on any atom is -0.360 e. The number of fused-ring (bicyclic) bond motifs is 1. The first-order valence-electron chi connectivity index (χ1n) is 8.35. The lowest BCUT2D eigenvalue weighted by molar-refractivity contribution is -0.156. The zero-order valence-corrected chi connectivity index (χ0v) is 15.3. The first-order valence-corrected chi connectivity index (χ1v) is 10.4. The second-order valence-corrected chi connectivity index (χ2v) is 8.57. The molecule has 134 valence electrons. The Morgan fingerprint density at radius 1 is 1.36 bits per heavy atom. The van der Waals surface area contributed by atoms with Crippen LogP contribution < -0.4 is 5.48 Å². The number of rotatable bonds is 5. The molecule has 7 nitrogen and oxygen atoms in total. The van der Waals surface area contributed by atoms with Gasteiger partial charge in [-0.05, 0) is 31.3 Å². The van der Waals surface area contributed by atoms with Crippen molar-refractivity contribution >= 4 is 41.8 Å². The van der Waals surface area contributed by atoms with Crippen molar-refractivity contribution in [1.82, 2.24) is 15.3 Å². The Balaban J connectivity index is 1.59. The minimum atomic E-state index is -0.662. The van der Waals surface area contributed by atoms with E-state index in [2.05, 4.69) is 4.90 Å². The van der Waals surface area contributed by atoms with Crippen LogP contribution in [0.1, 0.15) is 32.1 Å². The summed E-state index contributed by atoms with van der Waals surface area (Å²) in [5.74, 6) is 0.862. The van der Waals surface area contributed by atoms with E-state index in [1.165, 1.54) is 28.3 Å². The molecule has 0 spiro atoms. The fraction of sp³-hybridized carbons (Fsp3) is 0.562. The van der Waals surface area contributed by atoms with Crippen LogP contribution in [0.25, 0.3) is 0 Å². The van der Waals surface area contributed by atoms with Gasteiger partial charge in [-0.2, -0.15) is 5.48 Å². The van der Waals surface area contributed by atoms with Crippen LogP contribution in [0.3, 0.4) is 0 Å². The molecule has 0 radical (unpaired) electrons. The number of allylic oxidation sites excluding steroid dienone is 2. The molecule has 0 bridgehead atoms. The van der Waals surface area contributed by atoms with Gasteiger partial charge in [-0.15, -0.1) is 23.5 Å². The smallest absolute Gasteiger partial charge is 0.360 e. The molecule has 1 atom stereocenters. The molecule has 1 saturated heterocycles. The lowest BCUT2D eigenvalue weighted by Crippen LogP contribution is -2.55. The summed E-state index contributed by atoms with van der Waals surface area (Å²) >= 11 is 3.57. The van der Waals surface area contributed by atoms with Gasteiger partial charge in [0.15, 0.2) is 0 Å². The number of β-lactam (4-membered cyclic amide) rings is 1. The molecular formula is C16H19N3O4S2. The molecule has 1 fully saturated rings. The summed E-state index contributed by atoms with van der Waals surface area (Å²) < 4.78 is 0. The molecule has 25 heavy (non-hydrogen) atoms. The Morgan fingerprint density at radius 2 is 2.20 bits per heavy atom. The summed E-state index contributed by atoms with van der Waals surface area (Å²) in [5, 5.41) is 0.00689. The van der Waals surface area contributed by atoms with Crippen molar-refractivity contribution in [3.63, 3.8) is 0 Å². The molecule has 3 heterocycles. The minimum absolute atomic E-state index is 0.00689. The fourth-order valence-corrected chi connectivity index (χ4v) is 6.17. The number of hydrogen-bond acceptors (Lipinski definition) is 7. The van der Waals surface area contributed by atoms with Crippen LogP contribution in [0.4, 0.5) is 0 Å². The van der Waals surface area contributed by atoms with E-state index >= 15 is 0 Å². The molecule has 0 aromatic carbocycles. The van der Waals surface area contributed by atoms with Crippen LogP contribution in [0, 0.1) is 0 Å². The Kier molecular flexibility index (Phi) is 4.68. The van der Waals surface area contributed by atoms with E-state index in [0.29, 0.717) is 30.8 Å². The van der Waals surface area contributed by atoms with E-state index in [0.717, 1.165) is 24.3 Å². The van der Waals surface area contributed by atoms with Gasteiger partial charge in [-0.1, -0.05) is 0 Å². The van der Waals surface area contributed by atoms with Gasteiger partial charge >= 0.3 is 5.97 Å². The Morgan fingerprint density at radius 3 is 3.00 bits per heavy atom. The van der Waals surface area contributed by atoms with Crippen LogP contribution in [0.2, 0.25) is 0 Å². The van der Waals surface area contributed by atoms with Crippen LogP contribution in [0.5, 0.6) is 0 Å². The van der Waals surface area contributed by atoms with Crippen molar-refractivity contribution < 1.29 is 19.2 Å². The van der Waals surface area contributed by atoms with Gasteiger partial charge in [0.05, 0.1) is 17.7 Å². The van der Waals surface area contributed by atoms with E-state index in [-0.39, 0.29) is 11.3 Å². The highest BCUT2D eigenvalue weighted by Crippen LogP contribution is 2.44. The third-order valence-electron chi connectivity index (χ3n) is 4.87. The third kappa shape index (κ3) is 3.03. The molecule has 1 N–H and O–H groups in total. The third-order valence-corrected chi connectivity index (χ3v) is 7.38. The molecule has 0 aromatic rings. The quantitative estimate of drug-likeness (QED) is 0.440. The summed E-state index contributed by atoms with van der Waals surface area (Å²) in [5.41, 5.74) is 4.54. The number of thioether (sulfide) groups is 2. The average Bonchev–Trinajstić information content (AvgIpc) is 3.02. The summed E-state index contributed by atoms with van der Waals surface area (Å²) in [4.78, 5) is 45.0. The molecule has 0 aromatic heterocycles. The lowest BCUT2D eigenvalue weighted by atomic mass is 10.0. The van der Waals surface area contributed by atoms with Gasteiger partial charge in [0.25, 0.3) is 0 Å². The number of nitrogens with one attached hydrogen (secondary N) is 1. The number of hydroxylamine groups is 1. The van der Waals surface area contributed by atoms with Gasteiger partial charge < -0.3 is 9.74 Å². The van der Waals surface area contributed by atoms with Gasteiger partial charge in [-0.3, -0.25) is 14.5 Å². The highest BCUT2D eigenvalue weighted by Gasteiger charge is 2.46. The number of carbonyl (C=O) groups is 3. The zero-order valence-electron chi connectivity index (χ0n) is 13.7. The maximum Gasteiger partial charge on any atom is 0.379 e. The van der Waals surface area contributed by atoms with E-state index in [1.807, 2.05) is 17.2 Å². The second kappa shape index (κ2) is 6.95. The standard InChI is InChI=1S/C16H19N3O4S2/c20-8-17-23-16(22)15-10(7-24-14-5-13(21)19(14)15)6-18-9-25-12-4-2-1-3-11(12)18/h8,14H,1-7,9H2,(H,17,20). The fourth-order valence-electron chi connectivity index (χ4n) is 3.67. The average molecular weight is 381 g/mol. The van der Waals surface area contributed by atoms with Gasteiger partial charge in [-0.25, -0.2) is 4.79 Å². The molecule has 2 amide bonds. The highest BCUT2D eigenvalue weighted by molar-refractivity contribution is 8.03. The van der Waals surface area contributed by atoms with Gasteiger partial charge in [0.2, 0.25) is 12.3 Å². The van der Waals surface area contributed by atoms with E-state index < -0.39 is 5.97 Å². The first-order chi connectivity index (χ1) is 12.2. The van der Waals surface area contributed by atoms with Crippen LogP contribution >= 0.6 is 23.5 Å². The molecule has 4 aliphatic rings.